The second-order valence-electron chi connectivity index (χ2n) is 5.38. The van der Waals surface area contributed by atoms with E-state index >= 15 is 0 Å². The molecule has 0 radical (unpaired) electrons. The molecule has 0 bridgehead atoms. The van der Waals surface area contributed by atoms with Gasteiger partial charge in [0.1, 0.15) is 0 Å². The summed E-state index contributed by atoms with van der Waals surface area (Å²) >= 11 is 3.37. The number of nitrogen functional groups attached to an aromatic ring is 1. The molecule has 0 aromatic heterocycles. The minimum absolute atomic E-state index is 0.0301. The third kappa shape index (κ3) is 3.70. The third-order valence-corrected chi connectivity index (χ3v) is 3.99. The zero-order valence-corrected chi connectivity index (χ0v) is 13.0. The van der Waals surface area contributed by atoms with E-state index in [-0.39, 0.29) is 5.91 Å². The summed E-state index contributed by atoms with van der Waals surface area (Å²) in [6.45, 7) is 2.99. The van der Waals surface area contributed by atoms with E-state index in [1.807, 2.05) is 13.1 Å². The number of amides is 1. The van der Waals surface area contributed by atoms with Gasteiger partial charge in [0, 0.05) is 35.9 Å². The fourth-order valence-corrected chi connectivity index (χ4v) is 3.11. The van der Waals surface area contributed by atoms with Gasteiger partial charge < -0.3 is 15.5 Å². The molecular weight excluding hydrogens is 306 g/mol. The van der Waals surface area contributed by atoms with Crippen LogP contribution in [0.1, 0.15) is 16.8 Å². The maximum atomic E-state index is 12.4. The molecule has 1 aliphatic heterocycles. The lowest BCUT2D eigenvalue weighted by Crippen LogP contribution is -2.32. The predicted molar refractivity (Wildman–Crippen MR) is 81.1 cm³/mol. The van der Waals surface area contributed by atoms with Gasteiger partial charge in [-0.15, -0.1) is 0 Å². The minimum Gasteiger partial charge on any atom is -0.399 e. The molecule has 1 aliphatic rings. The standard InChI is InChI=1S/C14H20BrN3O/c1-17-4-3-10(8-17)9-18(2)14(19)11-5-12(15)7-13(16)6-11/h5-7,10H,3-4,8-9,16H2,1-2H3. The zero-order chi connectivity index (χ0) is 14.0. The van der Waals surface area contributed by atoms with E-state index in [0.717, 1.165) is 30.5 Å². The molecular formula is C14H20BrN3O. The summed E-state index contributed by atoms with van der Waals surface area (Å²) in [5.74, 6) is 0.603. The molecule has 0 saturated carbocycles. The van der Waals surface area contributed by atoms with E-state index in [4.69, 9.17) is 5.73 Å². The SMILES string of the molecule is CN1CCC(CN(C)C(=O)c2cc(N)cc(Br)c2)C1. The van der Waals surface area contributed by atoms with Gasteiger partial charge in [0.2, 0.25) is 0 Å². The highest BCUT2D eigenvalue weighted by atomic mass is 79.9. The summed E-state index contributed by atoms with van der Waals surface area (Å²) in [5.41, 5.74) is 7.01. The largest absolute Gasteiger partial charge is 0.399 e. The van der Waals surface area contributed by atoms with Gasteiger partial charge in [0.25, 0.3) is 5.91 Å². The van der Waals surface area contributed by atoms with Crippen LogP contribution < -0.4 is 5.73 Å². The molecule has 1 aromatic rings. The Kier molecular flexibility index (Phi) is 4.47. The number of carbonyl (C=O) groups is 1. The first-order valence-corrected chi connectivity index (χ1v) is 7.25. The quantitative estimate of drug-likeness (QED) is 0.865. The second-order valence-corrected chi connectivity index (χ2v) is 6.29. The van der Waals surface area contributed by atoms with Crippen molar-refractivity contribution in [3.8, 4) is 0 Å². The number of anilines is 1. The highest BCUT2D eigenvalue weighted by molar-refractivity contribution is 9.10. The molecule has 0 aliphatic carbocycles. The summed E-state index contributed by atoms with van der Waals surface area (Å²) in [6, 6.07) is 5.34. The van der Waals surface area contributed by atoms with Crippen LogP contribution >= 0.6 is 15.9 Å². The van der Waals surface area contributed by atoms with Crippen molar-refractivity contribution in [3.63, 3.8) is 0 Å². The molecule has 1 saturated heterocycles. The molecule has 0 spiro atoms. The fraction of sp³-hybridized carbons (Fsp3) is 0.500. The van der Waals surface area contributed by atoms with Gasteiger partial charge in [-0.2, -0.15) is 0 Å². The summed E-state index contributed by atoms with van der Waals surface area (Å²) in [7, 11) is 3.98. The normalized spacial score (nSPS) is 19.6. The van der Waals surface area contributed by atoms with Crippen LogP contribution in [0.5, 0.6) is 0 Å². The van der Waals surface area contributed by atoms with E-state index in [1.165, 1.54) is 0 Å². The first-order valence-electron chi connectivity index (χ1n) is 6.46. The van der Waals surface area contributed by atoms with Crippen LogP contribution in [-0.2, 0) is 0 Å². The summed E-state index contributed by atoms with van der Waals surface area (Å²) in [4.78, 5) is 16.5. The number of benzene rings is 1. The van der Waals surface area contributed by atoms with Crippen molar-refractivity contribution in [2.24, 2.45) is 5.92 Å². The van der Waals surface area contributed by atoms with E-state index in [2.05, 4.69) is 27.9 Å². The number of likely N-dealkylation sites (tertiary alicyclic amines) is 1. The van der Waals surface area contributed by atoms with Gasteiger partial charge in [-0.3, -0.25) is 4.79 Å². The van der Waals surface area contributed by atoms with Crippen LogP contribution in [0.3, 0.4) is 0 Å². The Hall–Kier alpha value is -1.07. The Morgan fingerprint density at radius 2 is 2.26 bits per heavy atom. The van der Waals surface area contributed by atoms with Crippen molar-refractivity contribution in [2.45, 2.75) is 6.42 Å². The van der Waals surface area contributed by atoms with E-state index < -0.39 is 0 Å². The lowest BCUT2D eigenvalue weighted by Gasteiger charge is -2.21. The number of hydrogen-bond acceptors (Lipinski definition) is 3. The maximum Gasteiger partial charge on any atom is 0.253 e. The average Bonchev–Trinajstić information content (AvgIpc) is 2.72. The van der Waals surface area contributed by atoms with Gasteiger partial charge in [0.15, 0.2) is 0 Å². The number of rotatable bonds is 3. The molecule has 19 heavy (non-hydrogen) atoms. The summed E-state index contributed by atoms with van der Waals surface area (Å²) in [6.07, 6.45) is 1.16. The third-order valence-electron chi connectivity index (χ3n) is 3.53. The molecule has 1 fully saturated rings. The Morgan fingerprint density at radius 1 is 1.53 bits per heavy atom. The smallest absolute Gasteiger partial charge is 0.253 e. The highest BCUT2D eigenvalue weighted by Crippen LogP contribution is 2.20. The van der Waals surface area contributed by atoms with Crippen molar-refractivity contribution in [3.05, 3.63) is 28.2 Å². The van der Waals surface area contributed by atoms with Crippen molar-refractivity contribution >= 4 is 27.5 Å². The number of nitrogens with zero attached hydrogens (tertiary/aromatic N) is 2. The maximum absolute atomic E-state index is 12.4. The first kappa shape index (κ1) is 14.3. The Morgan fingerprint density at radius 3 is 2.84 bits per heavy atom. The molecule has 1 amide bonds. The number of nitrogens with two attached hydrogens (primary N) is 1. The van der Waals surface area contributed by atoms with Crippen molar-refractivity contribution in [1.82, 2.24) is 9.80 Å². The number of halogens is 1. The number of carbonyl (C=O) groups excluding carboxylic acids is 1. The van der Waals surface area contributed by atoms with Crippen molar-refractivity contribution in [1.29, 1.82) is 0 Å². The molecule has 2 rings (SSSR count). The van der Waals surface area contributed by atoms with E-state index in [0.29, 0.717) is 17.2 Å². The minimum atomic E-state index is 0.0301. The zero-order valence-electron chi connectivity index (χ0n) is 11.4. The molecule has 1 heterocycles. The fourth-order valence-electron chi connectivity index (χ4n) is 2.60. The van der Waals surface area contributed by atoms with E-state index in [1.54, 1.807) is 17.0 Å². The summed E-state index contributed by atoms with van der Waals surface area (Å²) in [5, 5.41) is 0. The van der Waals surface area contributed by atoms with Gasteiger partial charge >= 0.3 is 0 Å². The van der Waals surface area contributed by atoms with Crippen LogP contribution in [0.15, 0.2) is 22.7 Å². The molecule has 1 atom stereocenters. The Balaban J connectivity index is 2.02. The van der Waals surface area contributed by atoms with Crippen molar-refractivity contribution in [2.75, 3.05) is 39.5 Å². The lowest BCUT2D eigenvalue weighted by atomic mass is 10.1. The first-order chi connectivity index (χ1) is 8.95. The van der Waals surface area contributed by atoms with Gasteiger partial charge in [-0.05, 0) is 44.1 Å². The molecule has 2 N–H and O–H groups in total. The molecule has 4 nitrogen and oxygen atoms in total. The average molecular weight is 326 g/mol. The summed E-state index contributed by atoms with van der Waals surface area (Å²) < 4.78 is 0.838. The van der Waals surface area contributed by atoms with Crippen LogP contribution in [0.2, 0.25) is 0 Å². The van der Waals surface area contributed by atoms with Crippen LogP contribution in [0.4, 0.5) is 5.69 Å². The van der Waals surface area contributed by atoms with Gasteiger partial charge in [0.05, 0.1) is 0 Å². The van der Waals surface area contributed by atoms with Crippen LogP contribution in [0.25, 0.3) is 0 Å². The highest BCUT2D eigenvalue weighted by Gasteiger charge is 2.23. The Labute approximate surface area is 122 Å². The monoisotopic (exact) mass is 325 g/mol. The van der Waals surface area contributed by atoms with Crippen LogP contribution in [0, 0.1) is 5.92 Å². The van der Waals surface area contributed by atoms with Crippen LogP contribution in [-0.4, -0.2) is 49.4 Å². The topological polar surface area (TPSA) is 49.6 Å². The van der Waals surface area contributed by atoms with E-state index in [9.17, 15) is 4.79 Å². The number of hydrogen-bond donors (Lipinski definition) is 1. The molecule has 1 unspecified atom stereocenters. The predicted octanol–water partition coefficient (Wildman–Crippen LogP) is 2.05. The molecule has 104 valence electrons. The molecule has 1 aromatic carbocycles. The second kappa shape index (κ2) is 5.92. The Bertz CT molecular complexity index is 458. The van der Waals surface area contributed by atoms with Gasteiger partial charge in [-0.1, -0.05) is 15.9 Å². The van der Waals surface area contributed by atoms with Gasteiger partial charge in [-0.25, -0.2) is 0 Å². The molecule has 5 heteroatoms. The van der Waals surface area contributed by atoms with Crippen molar-refractivity contribution < 1.29 is 4.79 Å². The lowest BCUT2D eigenvalue weighted by molar-refractivity contribution is 0.0774.